The number of allylic oxidation sites excluding steroid dienone is 3. The van der Waals surface area contributed by atoms with Crippen LogP contribution >= 0.6 is 0 Å². The Balaban J connectivity index is 0.00000436. The number of likely N-dealkylation sites (tertiary alicyclic amines) is 2. The van der Waals surface area contributed by atoms with Gasteiger partial charge >= 0.3 is 11.8 Å². The number of hydrogen-bond donors (Lipinski definition) is 7. The van der Waals surface area contributed by atoms with Crippen molar-refractivity contribution in [3.8, 4) is 17.2 Å². The summed E-state index contributed by atoms with van der Waals surface area (Å²) in [4.78, 5) is 70.2. The lowest BCUT2D eigenvalue weighted by Crippen LogP contribution is -2.47. The number of phenols is 2. The highest BCUT2D eigenvalue weighted by molar-refractivity contribution is 7.89. The van der Waals surface area contributed by atoms with Gasteiger partial charge in [-0.1, -0.05) is 71.0 Å². The van der Waals surface area contributed by atoms with E-state index in [-0.39, 0.29) is 80.5 Å². The molecule has 0 aromatic heterocycles. The summed E-state index contributed by atoms with van der Waals surface area (Å²) in [6.07, 6.45) is 5.82. The van der Waals surface area contributed by atoms with Gasteiger partial charge in [-0.05, 0) is 63.7 Å². The quantitative estimate of drug-likeness (QED) is 0.0904. The van der Waals surface area contributed by atoms with E-state index < -0.39 is 105 Å². The van der Waals surface area contributed by atoms with Crippen molar-refractivity contribution in [3.63, 3.8) is 0 Å². The Labute approximate surface area is 455 Å². The number of nitrogens with zero attached hydrogens (tertiary/aromatic N) is 4. The predicted molar refractivity (Wildman–Crippen MR) is 290 cm³/mol. The molecule has 0 radical (unpaired) electrons. The zero-order valence-corrected chi connectivity index (χ0v) is 46.8. The Morgan fingerprint density at radius 1 is 0.910 bits per heavy atom. The smallest absolute Gasteiger partial charge is 0.315 e. The van der Waals surface area contributed by atoms with E-state index >= 15 is 0 Å². The van der Waals surface area contributed by atoms with Crippen molar-refractivity contribution in [2.75, 3.05) is 45.2 Å². The topological polar surface area (TPSA) is 287 Å². The molecule has 7 N–H and O–H groups in total. The number of fused-ring (bicyclic) bond motifs is 13. The summed E-state index contributed by atoms with van der Waals surface area (Å²) in [6.45, 7) is 16.6. The third-order valence-electron chi connectivity index (χ3n) is 15.6. The van der Waals surface area contributed by atoms with Gasteiger partial charge in [-0.25, -0.2) is 13.1 Å². The Bertz CT molecular complexity index is 3090. The minimum Gasteiger partial charge on any atom is -0.507 e. The first-order chi connectivity index (χ1) is 36.9. The van der Waals surface area contributed by atoms with E-state index in [0.29, 0.717) is 44.7 Å². The number of aliphatic hydroxyl groups is 3. The van der Waals surface area contributed by atoms with Crippen LogP contribution in [0.5, 0.6) is 17.2 Å². The zero-order chi connectivity index (χ0) is 57.0. The molecule has 2 amide bonds. The molecular formula is C57H76N6O14S. The number of ether oxygens (including phenoxy) is 3. The number of piperidine rings is 2. The molecule has 2 unspecified atom stereocenters. The highest BCUT2D eigenvalue weighted by atomic mass is 32.2. The van der Waals surface area contributed by atoms with Gasteiger partial charge in [0.25, 0.3) is 11.7 Å². The number of sulfonamides is 1. The number of nitrogens with one attached hydrogen (secondary N) is 2. The molecule has 9 rings (SSSR count). The largest absolute Gasteiger partial charge is 0.507 e. The fourth-order valence-corrected chi connectivity index (χ4v) is 12.3. The van der Waals surface area contributed by atoms with Gasteiger partial charge in [-0.2, -0.15) is 0 Å². The number of anilines is 1. The maximum Gasteiger partial charge on any atom is 0.315 e. The van der Waals surface area contributed by atoms with Gasteiger partial charge < -0.3 is 54.9 Å². The molecule has 424 valence electrons. The van der Waals surface area contributed by atoms with E-state index in [2.05, 4.69) is 28.8 Å². The highest BCUT2D eigenvalue weighted by Gasteiger charge is 2.50. The Kier molecular flexibility index (Phi) is 18.6. The molecule has 21 heteroatoms. The van der Waals surface area contributed by atoms with Crippen molar-refractivity contribution < 1.29 is 67.3 Å². The lowest BCUT2D eigenvalue weighted by molar-refractivity contribution is -0.159. The zero-order valence-electron chi connectivity index (χ0n) is 46.0. The number of carbonyl (C=O) groups excluding carboxylic acids is 4. The predicted octanol–water partition coefficient (Wildman–Crippen LogP) is 4.83. The summed E-state index contributed by atoms with van der Waals surface area (Å²) < 4.78 is 46.9. The van der Waals surface area contributed by atoms with Gasteiger partial charge in [0, 0.05) is 99.9 Å². The highest BCUT2D eigenvalue weighted by Crippen LogP contribution is 2.50. The number of rotatable bonds is 8. The Morgan fingerprint density at radius 2 is 1.56 bits per heavy atom. The molecule has 6 aliphatic heterocycles. The normalized spacial score (nSPS) is 27.6. The fraction of sp³-hybridized carbons (Fsp3) is 0.544. The van der Waals surface area contributed by atoms with Crippen molar-refractivity contribution in [2.24, 2.45) is 33.7 Å². The van der Waals surface area contributed by atoms with Gasteiger partial charge in [0.05, 0.1) is 39.7 Å². The second kappa shape index (κ2) is 24.4. The molecule has 6 aliphatic rings. The van der Waals surface area contributed by atoms with Crippen molar-refractivity contribution in [1.29, 1.82) is 0 Å². The number of carbonyl (C=O) groups is 4. The lowest BCUT2D eigenvalue weighted by Gasteiger charge is -2.36. The fourth-order valence-electron chi connectivity index (χ4n) is 11.0. The van der Waals surface area contributed by atoms with Gasteiger partial charge in [0.2, 0.25) is 15.9 Å². The number of amides is 2. The van der Waals surface area contributed by atoms with Crippen LogP contribution in [0.1, 0.15) is 109 Å². The van der Waals surface area contributed by atoms with Crippen LogP contribution in [0.3, 0.4) is 0 Å². The number of esters is 1. The molecular weight excluding hydrogens is 1020 g/mol. The van der Waals surface area contributed by atoms with Crippen LogP contribution < -0.4 is 25.5 Å². The van der Waals surface area contributed by atoms with Crippen LogP contribution in [0, 0.1) is 30.6 Å². The third-order valence-corrected chi connectivity index (χ3v) is 17.1. The maximum atomic E-state index is 14.8. The first-order valence-corrected chi connectivity index (χ1v) is 28.3. The Hall–Kier alpha value is -6.23. The molecule has 2 saturated heterocycles. The van der Waals surface area contributed by atoms with Crippen molar-refractivity contribution >= 4 is 50.1 Å². The van der Waals surface area contributed by atoms with Crippen LogP contribution in [0.15, 0.2) is 81.4 Å². The summed E-state index contributed by atoms with van der Waals surface area (Å²) in [5.74, 6) is -7.05. The van der Waals surface area contributed by atoms with Gasteiger partial charge in [0.1, 0.15) is 35.1 Å². The van der Waals surface area contributed by atoms with Gasteiger partial charge in [-0.15, -0.1) is 0 Å². The van der Waals surface area contributed by atoms with E-state index in [9.17, 15) is 48.0 Å². The van der Waals surface area contributed by atoms with Crippen LogP contribution in [-0.2, 0) is 33.9 Å². The molecule has 1 spiro atoms. The van der Waals surface area contributed by atoms with E-state index in [0.717, 1.165) is 13.7 Å². The van der Waals surface area contributed by atoms with Crippen LogP contribution in [0.25, 0.3) is 10.8 Å². The van der Waals surface area contributed by atoms with Crippen LogP contribution in [-0.4, -0.2) is 143 Å². The summed E-state index contributed by atoms with van der Waals surface area (Å²) in [6, 6.07) is 7.59. The average molecular weight is 1100 g/mol. The van der Waals surface area contributed by atoms with E-state index in [1.54, 1.807) is 64.1 Å². The van der Waals surface area contributed by atoms with Crippen LogP contribution in [0.2, 0.25) is 0 Å². The molecule has 2 fully saturated rings. The number of benzene rings is 3. The molecule has 3 aromatic rings. The monoisotopic (exact) mass is 1100 g/mol. The summed E-state index contributed by atoms with van der Waals surface area (Å²) in [5.41, 5.74) is -0.699. The van der Waals surface area contributed by atoms with Crippen molar-refractivity contribution in [2.45, 2.75) is 141 Å². The van der Waals surface area contributed by atoms with Crippen LogP contribution in [0.4, 0.5) is 5.69 Å². The number of ketones is 1. The second-order valence-corrected chi connectivity index (χ2v) is 23.4. The van der Waals surface area contributed by atoms with Gasteiger partial charge in [0.15, 0.2) is 11.4 Å². The molecule has 7 atom stereocenters. The first kappa shape index (κ1) is 59.4. The summed E-state index contributed by atoms with van der Waals surface area (Å²) >= 11 is 0. The van der Waals surface area contributed by atoms with E-state index in [1.807, 2.05) is 0 Å². The number of aliphatic hydroxyl groups excluding tert-OH is 3. The number of Topliss-reactive ketones (excluding diaryl/α,β-unsaturated/α-hetero) is 1. The maximum absolute atomic E-state index is 14.8. The molecule has 3 aromatic carbocycles. The summed E-state index contributed by atoms with van der Waals surface area (Å²) in [5, 5.41) is 57.6. The standard InChI is InChI=1S/C56H72N6O13S.CH4O/c1-31(2)30-61-26-22-56(23-27-61)58-45-42-43-50(67)36(7)52-44(42)53(69)55(8,75-52)73-28-13-12-19-39(74-41(64)29-40(63)62-24-20-37(21-25-62)60-76(71,72)38-17-10-9-11-18-38)34(5)49(66)35(6)48(65)32(3)15-14-16-33(4)54(70)57-47(51(43)68)46(45)59-56;1-2/h9-11,13-18,28,31-32,34-35,37,39,48-49,60,65-68H,12,19-27,29-30H2,1-8H3,(H,57,70);2H,1H3/b15-14+,28-13+,33-16-;/t32-,34-,35+,39?,48-,49-,55?;/m0./s1. The third kappa shape index (κ3) is 12.5. The Morgan fingerprint density at radius 3 is 2.22 bits per heavy atom. The number of aromatic hydroxyl groups is 2. The minimum absolute atomic E-state index is 0.0151. The SMILES string of the molecule is C/C1=C/C=C/[C@H](C)[C@H](O)[C@@H](C)[C@@H](O)[C@@H](C)C(OC(=O)CC(=O)N2CCC(NS(=O)(=O)c3ccccc3)CC2)CC/C=C/OC2(C)Oc3c(C)c(O)c4c(O)c(c5c(c4c3C2=O)=NC2(CCN(CC(C)C)CC2)N=5)NC1=O.CO. The molecule has 5 bridgehead atoms. The molecule has 0 saturated carbocycles. The second-order valence-electron chi connectivity index (χ2n) is 21.7. The summed E-state index contributed by atoms with van der Waals surface area (Å²) in [7, 11) is -2.76. The lowest BCUT2D eigenvalue weighted by atomic mass is 9.81. The number of hydrogen-bond acceptors (Lipinski definition) is 17. The van der Waals surface area contributed by atoms with Crippen molar-refractivity contribution in [1.82, 2.24) is 14.5 Å². The molecule has 78 heavy (non-hydrogen) atoms. The minimum atomic E-state index is -3.76. The van der Waals surface area contributed by atoms with Crippen molar-refractivity contribution in [3.05, 3.63) is 88.3 Å². The number of phenolic OH excluding ortho intramolecular Hbond substituents is 2. The average Bonchev–Trinajstić information content (AvgIpc) is 3.68. The molecule has 20 nitrogen and oxygen atoms in total. The van der Waals surface area contributed by atoms with Gasteiger partial charge in [-0.3, -0.25) is 29.2 Å². The van der Waals surface area contributed by atoms with E-state index in [4.69, 9.17) is 29.3 Å². The molecule has 6 heterocycles. The molecule has 0 aliphatic carbocycles. The van der Waals surface area contributed by atoms with E-state index in [1.165, 1.54) is 43.2 Å². The first-order valence-electron chi connectivity index (χ1n) is 26.8.